The number of hydrogen-bond donors (Lipinski definition) is 0. The van der Waals surface area contributed by atoms with E-state index in [0.29, 0.717) is 0 Å². The van der Waals surface area contributed by atoms with Crippen molar-refractivity contribution in [2.45, 2.75) is 6.92 Å². The number of hydrogen-bond acceptors (Lipinski definition) is 1. The average molecular weight is 237 g/mol. The van der Waals surface area contributed by atoms with Gasteiger partial charge < -0.3 is 4.90 Å². The summed E-state index contributed by atoms with van der Waals surface area (Å²) in [7, 11) is 2.08. The third-order valence-corrected chi connectivity index (χ3v) is 1.22. The van der Waals surface area contributed by atoms with Crippen LogP contribution >= 0.6 is 24.0 Å². The highest BCUT2D eigenvalue weighted by molar-refractivity contribution is 14.0. The first-order chi connectivity index (χ1) is 3.79. The van der Waals surface area contributed by atoms with Gasteiger partial charge in [0.05, 0.1) is 0 Å². The Morgan fingerprint density at radius 3 is 2.56 bits per heavy atom. The van der Waals surface area contributed by atoms with Crippen molar-refractivity contribution in [3.63, 3.8) is 0 Å². The van der Waals surface area contributed by atoms with E-state index < -0.39 is 0 Å². The summed E-state index contributed by atoms with van der Waals surface area (Å²) in [6.07, 6.45) is 6.28. The minimum atomic E-state index is 0. The molecule has 0 fully saturated rings. The van der Waals surface area contributed by atoms with Crippen LogP contribution in [0.2, 0.25) is 0 Å². The molecule has 0 saturated carbocycles. The Morgan fingerprint density at radius 2 is 2.22 bits per heavy atom. The molecule has 0 bridgehead atoms. The third kappa shape index (κ3) is 2.89. The maximum Gasteiger partial charge on any atom is 0.0380 e. The zero-order valence-corrected chi connectivity index (χ0v) is 8.12. The number of rotatable bonds is 0. The third-order valence-electron chi connectivity index (χ3n) is 1.22. The molecule has 0 aliphatic carbocycles. The van der Waals surface area contributed by atoms with Gasteiger partial charge in [0, 0.05) is 13.6 Å². The summed E-state index contributed by atoms with van der Waals surface area (Å²) in [5, 5.41) is 0. The highest BCUT2D eigenvalue weighted by Crippen LogP contribution is 2.02. The lowest BCUT2D eigenvalue weighted by Crippen LogP contribution is -2.14. The van der Waals surface area contributed by atoms with Gasteiger partial charge in [-0.1, -0.05) is 11.6 Å². The predicted octanol–water partition coefficient (Wildman–Crippen LogP) is 2.01. The lowest BCUT2D eigenvalue weighted by Gasteiger charge is -2.16. The van der Waals surface area contributed by atoms with Crippen LogP contribution in [0.1, 0.15) is 6.92 Å². The number of allylic oxidation sites excluding steroid dienone is 2. The van der Waals surface area contributed by atoms with E-state index in [2.05, 4.69) is 37.2 Å². The van der Waals surface area contributed by atoms with E-state index in [1.807, 2.05) is 0 Å². The van der Waals surface area contributed by atoms with Crippen LogP contribution in [-0.4, -0.2) is 18.5 Å². The molecular formula is C7H12IN. The number of nitrogens with zero attached hydrogens (tertiary/aromatic N) is 1. The molecule has 52 valence electrons. The van der Waals surface area contributed by atoms with Crippen LogP contribution in [0.15, 0.2) is 23.9 Å². The van der Waals surface area contributed by atoms with Gasteiger partial charge in [0.15, 0.2) is 0 Å². The molecule has 0 aromatic heterocycles. The van der Waals surface area contributed by atoms with Gasteiger partial charge in [-0.05, 0) is 19.2 Å². The van der Waals surface area contributed by atoms with Crippen molar-refractivity contribution in [3.8, 4) is 0 Å². The smallest absolute Gasteiger partial charge is 0.0380 e. The lowest BCUT2D eigenvalue weighted by molar-refractivity contribution is 0.491. The van der Waals surface area contributed by atoms with Crippen molar-refractivity contribution in [2.24, 2.45) is 0 Å². The first-order valence-electron chi connectivity index (χ1n) is 2.83. The molecule has 0 unspecified atom stereocenters. The molecule has 1 aliphatic heterocycles. The summed E-state index contributed by atoms with van der Waals surface area (Å²) < 4.78 is 0. The molecule has 1 rings (SSSR count). The van der Waals surface area contributed by atoms with Gasteiger partial charge in [0.25, 0.3) is 0 Å². The maximum atomic E-state index is 2.16. The topological polar surface area (TPSA) is 3.24 Å². The molecule has 0 saturated heterocycles. The van der Waals surface area contributed by atoms with E-state index in [4.69, 9.17) is 0 Å². The zero-order valence-electron chi connectivity index (χ0n) is 5.79. The molecule has 0 spiro atoms. The fourth-order valence-electron chi connectivity index (χ4n) is 0.853. The highest BCUT2D eigenvalue weighted by atomic mass is 127. The largest absolute Gasteiger partial charge is 0.376 e. The van der Waals surface area contributed by atoms with E-state index in [1.165, 1.54) is 5.57 Å². The molecule has 1 aliphatic rings. The number of likely N-dealkylation sites (N-methyl/N-ethyl adjacent to an activating group) is 1. The van der Waals surface area contributed by atoms with Crippen LogP contribution in [0.4, 0.5) is 0 Å². The second-order valence-corrected chi connectivity index (χ2v) is 2.27. The van der Waals surface area contributed by atoms with Crippen molar-refractivity contribution in [2.75, 3.05) is 13.6 Å². The lowest BCUT2D eigenvalue weighted by atomic mass is 10.2. The van der Waals surface area contributed by atoms with Gasteiger partial charge in [-0.15, -0.1) is 24.0 Å². The van der Waals surface area contributed by atoms with Crippen LogP contribution in [-0.2, 0) is 0 Å². The first kappa shape index (κ1) is 9.01. The van der Waals surface area contributed by atoms with Crippen molar-refractivity contribution < 1.29 is 0 Å². The van der Waals surface area contributed by atoms with Gasteiger partial charge in [0.2, 0.25) is 0 Å². The Bertz CT molecular complexity index is 138. The van der Waals surface area contributed by atoms with Crippen molar-refractivity contribution in [3.05, 3.63) is 23.9 Å². The SMILES string of the molecule is CC1=CC=CN(C)C1.I. The molecule has 0 aromatic rings. The van der Waals surface area contributed by atoms with Crippen molar-refractivity contribution >= 4 is 24.0 Å². The normalized spacial score (nSPS) is 16.7. The van der Waals surface area contributed by atoms with E-state index in [1.54, 1.807) is 0 Å². The van der Waals surface area contributed by atoms with E-state index >= 15 is 0 Å². The average Bonchev–Trinajstić information content (AvgIpc) is 1.64. The minimum absolute atomic E-state index is 0. The second-order valence-electron chi connectivity index (χ2n) is 2.27. The van der Waals surface area contributed by atoms with Crippen LogP contribution in [0.25, 0.3) is 0 Å². The zero-order chi connectivity index (χ0) is 5.98. The maximum absolute atomic E-state index is 2.16. The van der Waals surface area contributed by atoms with E-state index in [-0.39, 0.29) is 24.0 Å². The minimum Gasteiger partial charge on any atom is -0.376 e. The molecule has 2 heteroatoms. The van der Waals surface area contributed by atoms with Gasteiger partial charge in [-0.25, -0.2) is 0 Å². The Kier molecular flexibility index (Phi) is 3.93. The fraction of sp³-hybridized carbons (Fsp3) is 0.429. The van der Waals surface area contributed by atoms with Gasteiger partial charge >= 0.3 is 0 Å². The first-order valence-corrected chi connectivity index (χ1v) is 2.83. The Balaban J connectivity index is 0.000000640. The monoisotopic (exact) mass is 237 g/mol. The van der Waals surface area contributed by atoms with Crippen LogP contribution in [0.3, 0.4) is 0 Å². The summed E-state index contributed by atoms with van der Waals surface area (Å²) >= 11 is 0. The van der Waals surface area contributed by atoms with Gasteiger partial charge in [-0.2, -0.15) is 0 Å². The molecule has 1 heterocycles. The van der Waals surface area contributed by atoms with Gasteiger partial charge in [-0.3, -0.25) is 0 Å². The van der Waals surface area contributed by atoms with Crippen LogP contribution < -0.4 is 0 Å². The molecule has 9 heavy (non-hydrogen) atoms. The predicted molar refractivity (Wildman–Crippen MR) is 50.9 cm³/mol. The second kappa shape index (κ2) is 3.93. The standard InChI is InChI=1S/C7H11N.HI/c1-7-4-3-5-8(2)6-7;/h3-5H,6H2,1-2H3;1H. The molecule has 0 amide bonds. The summed E-state index contributed by atoms with van der Waals surface area (Å²) in [4.78, 5) is 2.16. The highest BCUT2D eigenvalue weighted by Gasteiger charge is 1.94. The summed E-state index contributed by atoms with van der Waals surface area (Å²) in [6.45, 7) is 3.22. The summed E-state index contributed by atoms with van der Waals surface area (Å²) in [6, 6.07) is 0. The molecular weight excluding hydrogens is 225 g/mol. The molecule has 0 radical (unpaired) electrons. The quantitative estimate of drug-likeness (QED) is 0.582. The summed E-state index contributed by atoms with van der Waals surface area (Å²) in [5.74, 6) is 0. The molecule has 0 N–H and O–H groups in total. The molecule has 1 nitrogen and oxygen atoms in total. The Hall–Kier alpha value is 0.0100. The molecule has 0 atom stereocenters. The van der Waals surface area contributed by atoms with E-state index in [9.17, 15) is 0 Å². The molecule has 0 aromatic carbocycles. The van der Waals surface area contributed by atoms with E-state index in [0.717, 1.165) is 6.54 Å². The van der Waals surface area contributed by atoms with Crippen LogP contribution in [0, 0.1) is 0 Å². The van der Waals surface area contributed by atoms with Crippen LogP contribution in [0.5, 0.6) is 0 Å². The fourth-order valence-corrected chi connectivity index (χ4v) is 0.853. The Morgan fingerprint density at radius 1 is 1.56 bits per heavy atom. The van der Waals surface area contributed by atoms with Crippen molar-refractivity contribution in [1.29, 1.82) is 0 Å². The van der Waals surface area contributed by atoms with Crippen molar-refractivity contribution in [1.82, 2.24) is 4.90 Å². The Labute approximate surface area is 73.4 Å². The number of halogens is 1. The summed E-state index contributed by atoms with van der Waals surface area (Å²) in [5.41, 5.74) is 1.43. The van der Waals surface area contributed by atoms with Gasteiger partial charge in [0.1, 0.15) is 0 Å².